The Morgan fingerprint density at radius 1 is 1.25 bits per heavy atom. The van der Waals surface area contributed by atoms with Crippen LogP contribution in [0.1, 0.15) is 46.0 Å². The van der Waals surface area contributed by atoms with Crippen molar-refractivity contribution in [3.8, 4) is 0 Å². The van der Waals surface area contributed by atoms with Crippen molar-refractivity contribution in [2.75, 3.05) is 20.2 Å². The predicted molar refractivity (Wildman–Crippen MR) is 86.8 cm³/mol. The van der Waals surface area contributed by atoms with Crippen molar-refractivity contribution in [2.24, 2.45) is 5.92 Å². The fraction of sp³-hybridized carbons (Fsp3) is 0.812. The lowest BCUT2D eigenvalue weighted by molar-refractivity contribution is -0.153. The molecule has 1 fully saturated rings. The zero-order chi connectivity index (χ0) is 18.3. The highest BCUT2D eigenvalue weighted by Crippen LogP contribution is 2.31. The number of esters is 1. The lowest BCUT2D eigenvalue weighted by Gasteiger charge is -2.42. The second kappa shape index (κ2) is 8.86. The number of nitrogens with zero attached hydrogens (tertiary/aromatic N) is 1. The van der Waals surface area contributed by atoms with Gasteiger partial charge in [-0.3, -0.25) is 9.69 Å². The van der Waals surface area contributed by atoms with Crippen LogP contribution in [-0.4, -0.2) is 64.9 Å². The van der Waals surface area contributed by atoms with Crippen LogP contribution >= 0.6 is 0 Å². The number of amides is 1. The summed E-state index contributed by atoms with van der Waals surface area (Å²) >= 11 is 0. The quantitative estimate of drug-likeness (QED) is 0.572. The second-order valence-electron chi connectivity index (χ2n) is 6.64. The van der Waals surface area contributed by atoms with Gasteiger partial charge in [-0.15, -0.1) is 0 Å². The van der Waals surface area contributed by atoms with Crippen LogP contribution in [-0.2, 0) is 14.3 Å². The molecule has 138 valence electrons. The highest BCUT2D eigenvalue weighted by atomic mass is 16.5. The molecule has 0 saturated carbocycles. The first kappa shape index (κ1) is 20.2. The maximum atomic E-state index is 11.8. The van der Waals surface area contributed by atoms with Crippen molar-refractivity contribution >= 4 is 18.0 Å². The van der Waals surface area contributed by atoms with Crippen molar-refractivity contribution in [2.45, 2.75) is 57.5 Å². The molecule has 0 aromatic rings. The largest absolute Gasteiger partial charge is 0.479 e. The molecule has 2 atom stereocenters. The minimum absolute atomic E-state index is 0.111. The van der Waals surface area contributed by atoms with Crippen molar-refractivity contribution in [3.05, 3.63) is 0 Å². The van der Waals surface area contributed by atoms with Crippen molar-refractivity contribution in [1.29, 1.82) is 0 Å². The summed E-state index contributed by atoms with van der Waals surface area (Å²) < 4.78 is 4.77. The highest BCUT2D eigenvalue weighted by molar-refractivity contribution is 5.84. The van der Waals surface area contributed by atoms with E-state index >= 15 is 0 Å². The fourth-order valence-corrected chi connectivity index (χ4v) is 3.23. The van der Waals surface area contributed by atoms with E-state index in [1.807, 2.05) is 13.8 Å². The van der Waals surface area contributed by atoms with Gasteiger partial charge in [-0.05, 0) is 44.6 Å². The Balaban J connectivity index is 2.80. The van der Waals surface area contributed by atoms with Gasteiger partial charge < -0.3 is 20.3 Å². The Morgan fingerprint density at radius 3 is 2.42 bits per heavy atom. The van der Waals surface area contributed by atoms with Gasteiger partial charge in [0, 0.05) is 6.54 Å². The van der Waals surface area contributed by atoms with E-state index in [1.54, 1.807) is 0 Å². The molecule has 8 nitrogen and oxygen atoms in total. The molecule has 1 aliphatic rings. The molecule has 0 radical (unpaired) electrons. The molecular weight excluding hydrogens is 316 g/mol. The van der Waals surface area contributed by atoms with Crippen LogP contribution in [0, 0.1) is 5.92 Å². The van der Waals surface area contributed by atoms with Gasteiger partial charge >= 0.3 is 18.0 Å². The number of hydrogen-bond donors (Lipinski definition) is 3. The summed E-state index contributed by atoms with van der Waals surface area (Å²) in [6, 6.07) is -0.525. The highest BCUT2D eigenvalue weighted by Gasteiger charge is 2.48. The topological polar surface area (TPSA) is 116 Å². The van der Waals surface area contributed by atoms with E-state index in [-0.39, 0.29) is 31.8 Å². The van der Waals surface area contributed by atoms with Gasteiger partial charge in [0.05, 0.1) is 7.11 Å². The summed E-state index contributed by atoms with van der Waals surface area (Å²) in [5.74, 6) is -1.27. The Labute approximate surface area is 142 Å². The number of carbonyl (C=O) groups excluding carboxylic acids is 1. The van der Waals surface area contributed by atoms with E-state index in [9.17, 15) is 24.6 Å². The van der Waals surface area contributed by atoms with Crippen molar-refractivity contribution in [1.82, 2.24) is 10.2 Å². The van der Waals surface area contributed by atoms with E-state index in [0.717, 1.165) is 4.90 Å². The van der Waals surface area contributed by atoms with E-state index in [4.69, 9.17) is 4.74 Å². The second-order valence-corrected chi connectivity index (χ2v) is 6.64. The molecule has 0 aromatic carbocycles. The Bertz CT molecular complexity index is 467. The number of nitrogens with one attached hydrogen (secondary N) is 1. The number of aliphatic carboxylic acids is 1. The number of piperidine rings is 1. The molecule has 24 heavy (non-hydrogen) atoms. The SMILES string of the molecule is COC(=O)[C@H](CC(C)C)NCC[C@]1(C(=O)O)CCCCN1C(=O)O. The van der Waals surface area contributed by atoms with Crippen molar-refractivity contribution < 1.29 is 29.3 Å². The average Bonchev–Trinajstić information content (AvgIpc) is 2.52. The first-order chi connectivity index (χ1) is 11.2. The molecule has 0 aromatic heterocycles. The number of hydrogen-bond acceptors (Lipinski definition) is 5. The van der Waals surface area contributed by atoms with Gasteiger partial charge in [0.25, 0.3) is 0 Å². The summed E-state index contributed by atoms with van der Waals surface area (Å²) in [6.45, 7) is 4.39. The monoisotopic (exact) mass is 344 g/mol. The first-order valence-corrected chi connectivity index (χ1v) is 8.29. The van der Waals surface area contributed by atoms with E-state index in [2.05, 4.69) is 5.32 Å². The summed E-state index contributed by atoms with van der Waals surface area (Å²) in [5.41, 5.74) is -1.43. The number of carboxylic acids is 1. The van der Waals surface area contributed by atoms with Gasteiger partial charge in [-0.1, -0.05) is 13.8 Å². The molecule has 1 saturated heterocycles. The van der Waals surface area contributed by atoms with E-state index in [0.29, 0.717) is 19.3 Å². The fourth-order valence-electron chi connectivity index (χ4n) is 3.23. The van der Waals surface area contributed by atoms with Crippen LogP contribution < -0.4 is 5.32 Å². The molecule has 0 bridgehead atoms. The first-order valence-electron chi connectivity index (χ1n) is 8.29. The predicted octanol–water partition coefficient (Wildman–Crippen LogP) is 1.54. The van der Waals surface area contributed by atoms with Crippen LogP contribution in [0.4, 0.5) is 4.79 Å². The Kier molecular flexibility index (Phi) is 7.47. The zero-order valence-corrected chi connectivity index (χ0v) is 14.6. The van der Waals surface area contributed by atoms with Crippen LogP contribution in [0.5, 0.6) is 0 Å². The van der Waals surface area contributed by atoms with Gasteiger partial charge in [0.2, 0.25) is 0 Å². The number of carboxylic acid groups (broad SMARTS) is 2. The third kappa shape index (κ3) is 4.83. The molecule has 1 amide bonds. The maximum Gasteiger partial charge on any atom is 0.408 e. The van der Waals surface area contributed by atoms with Gasteiger partial charge in [-0.2, -0.15) is 0 Å². The average molecular weight is 344 g/mol. The zero-order valence-electron chi connectivity index (χ0n) is 14.6. The van der Waals surface area contributed by atoms with Crippen LogP contribution in [0.25, 0.3) is 0 Å². The molecule has 1 rings (SSSR count). The smallest absolute Gasteiger partial charge is 0.408 e. The standard InChI is InChI=1S/C16H28N2O6/c1-11(2)10-12(13(19)24-3)17-8-7-16(14(20)21)6-4-5-9-18(16)15(22)23/h11-12,17H,4-10H2,1-3H3,(H,20,21)(H,22,23)/t12-,16-/m0/s1. The molecule has 1 heterocycles. The lowest BCUT2D eigenvalue weighted by Crippen LogP contribution is -2.60. The summed E-state index contributed by atoms with van der Waals surface area (Å²) in [5, 5.41) is 22.0. The molecule has 0 aliphatic carbocycles. The van der Waals surface area contributed by atoms with Gasteiger partial charge in [-0.25, -0.2) is 9.59 Å². The summed E-state index contributed by atoms with van der Waals surface area (Å²) in [7, 11) is 1.31. The number of likely N-dealkylation sites (tertiary alicyclic amines) is 1. The third-order valence-corrected chi connectivity index (χ3v) is 4.49. The number of methoxy groups -OCH3 is 1. The summed E-state index contributed by atoms with van der Waals surface area (Å²) in [4.78, 5) is 36.1. The molecule has 3 N–H and O–H groups in total. The van der Waals surface area contributed by atoms with E-state index in [1.165, 1.54) is 7.11 Å². The van der Waals surface area contributed by atoms with Crippen LogP contribution in [0.3, 0.4) is 0 Å². The van der Waals surface area contributed by atoms with Gasteiger partial charge in [0.1, 0.15) is 11.6 Å². The minimum atomic E-state index is -1.43. The number of rotatable bonds is 8. The van der Waals surface area contributed by atoms with Crippen LogP contribution in [0.2, 0.25) is 0 Å². The van der Waals surface area contributed by atoms with Crippen molar-refractivity contribution in [3.63, 3.8) is 0 Å². The lowest BCUT2D eigenvalue weighted by atomic mass is 9.83. The minimum Gasteiger partial charge on any atom is -0.479 e. The molecule has 0 spiro atoms. The van der Waals surface area contributed by atoms with E-state index < -0.39 is 29.6 Å². The molecular formula is C16H28N2O6. The molecule has 1 aliphatic heterocycles. The van der Waals surface area contributed by atoms with Crippen LogP contribution in [0.15, 0.2) is 0 Å². The maximum absolute atomic E-state index is 11.8. The Morgan fingerprint density at radius 2 is 1.92 bits per heavy atom. The number of carbonyl (C=O) groups is 3. The molecule has 8 heteroatoms. The third-order valence-electron chi connectivity index (χ3n) is 4.49. The Hall–Kier alpha value is -1.83. The summed E-state index contributed by atoms with van der Waals surface area (Å²) in [6.07, 6.45) is 1.07. The molecule has 0 unspecified atom stereocenters. The van der Waals surface area contributed by atoms with Gasteiger partial charge in [0.15, 0.2) is 0 Å². The normalized spacial score (nSPS) is 22.2. The number of ether oxygens (including phenoxy) is 1.